The third-order valence-electron chi connectivity index (χ3n) is 1.68. The van der Waals surface area contributed by atoms with Crippen molar-refractivity contribution in [1.82, 2.24) is 0 Å². The van der Waals surface area contributed by atoms with Crippen molar-refractivity contribution in [3.05, 3.63) is 25.3 Å². The second kappa shape index (κ2) is 7.38. The summed E-state index contributed by atoms with van der Waals surface area (Å²) >= 11 is 0. The SMILES string of the molecule is C=CC(N)[SiH](O[SiH2]O[SiH3])C(N)C=C. The van der Waals surface area contributed by atoms with Crippen LogP contribution in [0.3, 0.4) is 0 Å². The minimum atomic E-state index is -1.66. The van der Waals surface area contributed by atoms with E-state index < -0.39 is 19.0 Å². The van der Waals surface area contributed by atoms with E-state index in [1.54, 1.807) is 12.2 Å². The molecule has 0 bridgehead atoms. The maximum atomic E-state index is 5.80. The summed E-state index contributed by atoms with van der Waals surface area (Å²) in [5.41, 5.74) is 11.4. The van der Waals surface area contributed by atoms with Gasteiger partial charge in [0.2, 0.25) is 9.04 Å². The summed E-state index contributed by atoms with van der Waals surface area (Å²) in [5, 5.41) is 0. The summed E-state index contributed by atoms with van der Waals surface area (Å²) in [5.74, 6) is 0. The van der Waals surface area contributed by atoms with Gasteiger partial charge in [-0.1, -0.05) is 12.2 Å². The van der Waals surface area contributed by atoms with Gasteiger partial charge in [0.25, 0.3) is 10.0 Å². The standard InChI is InChI=1S/C6H18N2O2Si3/c1-3-5(7)13(6(8)4-2)10-12-9-11/h3-6,13H,1-2,7-8,12H2,11H3. The van der Waals surface area contributed by atoms with Crippen LogP contribution >= 0.6 is 0 Å². The summed E-state index contributed by atoms with van der Waals surface area (Å²) in [6, 6.07) is 0. The quantitative estimate of drug-likeness (QED) is 0.367. The second-order valence-electron chi connectivity index (χ2n) is 2.66. The monoisotopic (exact) mass is 234 g/mol. The molecular weight excluding hydrogens is 216 g/mol. The van der Waals surface area contributed by atoms with Crippen LogP contribution in [0.4, 0.5) is 0 Å². The van der Waals surface area contributed by atoms with Crippen LogP contribution in [-0.2, 0) is 8.23 Å². The van der Waals surface area contributed by atoms with Gasteiger partial charge in [0.15, 0.2) is 0 Å². The molecule has 13 heavy (non-hydrogen) atoms. The van der Waals surface area contributed by atoms with Crippen molar-refractivity contribution < 1.29 is 8.23 Å². The minimum Gasteiger partial charge on any atom is -0.449 e. The zero-order valence-electron chi connectivity index (χ0n) is 7.98. The molecule has 0 saturated heterocycles. The van der Waals surface area contributed by atoms with Gasteiger partial charge in [0, 0.05) is 11.3 Å². The first-order valence-electron chi connectivity index (χ1n) is 4.04. The van der Waals surface area contributed by atoms with Crippen molar-refractivity contribution in [3.63, 3.8) is 0 Å². The Morgan fingerprint density at radius 3 is 2.08 bits per heavy atom. The molecule has 0 spiro atoms. The fraction of sp³-hybridized carbons (Fsp3) is 0.333. The number of hydrogen-bond acceptors (Lipinski definition) is 4. The van der Waals surface area contributed by atoms with E-state index in [4.69, 9.17) is 19.7 Å². The van der Waals surface area contributed by atoms with Gasteiger partial charge in [0.05, 0.1) is 0 Å². The van der Waals surface area contributed by atoms with Crippen molar-refractivity contribution in [2.24, 2.45) is 11.5 Å². The van der Waals surface area contributed by atoms with Crippen molar-refractivity contribution in [2.45, 2.75) is 11.3 Å². The lowest BCUT2D eigenvalue weighted by atomic mass is 10.6. The predicted octanol–water partition coefficient (Wildman–Crippen LogP) is -2.87. The van der Waals surface area contributed by atoms with E-state index in [9.17, 15) is 0 Å². The molecule has 0 aromatic carbocycles. The molecule has 2 unspecified atom stereocenters. The summed E-state index contributed by atoms with van der Waals surface area (Å²) < 4.78 is 10.7. The molecule has 0 radical (unpaired) electrons. The molecule has 7 heteroatoms. The highest BCUT2D eigenvalue weighted by atomic mass is 28.4. The number of rotatable bonds is 7. The fourth-order valence-electron chi connectivity index (χ4n) is 0.894. The summed E-state index contributed by atoms with van der Waals surface area (Å²) in [6.45, 7) is 7.26. The normalized spacial score (nSPS) is 18.6. The molecule has 0 heterocycles. The van der Waals surface area contributed by atoms with Gasteiger partial charge in [-0.25, -0.2) is 0 Å². The molecule has 0 rings (SSSR count). The molecule has 4 N–H and O–H groups in total. The van der Waals surface area contributed by atoms with E-state index in [1.807, 2.05) is 0 Å². The van der Waals surface area contributed by atoms with Gasteiger partial charge >= 0.3 is 0 Å². The lowest BCUT2D eigenvalue weighted by Crippen LogP contribution is -2.52. The van der Waals surface area contributed by atoms with Crippen molar-refractivity contribution in [3.8, 4) is 0 Å². The van der Waals surface area contributed by atoms with Crippen LogP contribution in [0.2, 0.25) is 0 Å². The Bertz CT molecular complexity index is 156. The smallest absolute Gasteiger partial charge is 0.283 e. The van der Waals surface area contributed by atoms with Crippen molar-refractivity contribution in [2.75, 3.05) is 0 Å². The molecule has 76 valence electrons. The molecule has 0 amide bonds. The van der Waals surface area contributed by atoms with Crippen LogP contribution in [0.15, 0.2) is 25.3 Å². The molecule has 0 aliphatic heterocycles. The van der Waals surface area contributed by atoms with Gasteiger partial charge in [0.1, 0.15) is 10.5 Å². The maximum absolute atomic E-state index is 5.80. The predicted molar refractivity (Wildman–Crippen MR) is 64.1 cm³/mol. The molecule has 0 aromatic heterocycles. The van der Waals surface area contributed by atoms with E-state index in [-0.39, 0.29) is 11.3 Å². The van der Waals surface area contributed by atoms with E-state index in [1.165, 1.54) is 0 Å². The summed E-state index contributed by atoms with van der Waals surface area (Å²) in [6.07, 6.45) is 3.36. The average Bonchev–Trinajstić information content (AvgIpc) is 2.17. The Morgan fingerprint density at radius 2 is 1.77 bits per heavy atom. The minimum absolute atomic E-state index is 0.127. The molecule has 0 aliphatic rings. The van der Waals surface area contributed by atoms with Gasteiger partial charge in [-0.3, -0.25) is 0 Å². The Hall–Kier alpha value is -0.0294. The molecule has 0 fully saturated rings. The Labute approximate surface area is 86.3 Å². The van der Waals surface area contributed by atoms with E-state index in [0.717, 1.165) is 0 Å². The Kier molecular flexibility index (Phi) is 7.36. The number of hydrogen-bond donors (Lipinski definition) is 2. The molecule has 2 atom stereocenters. The highest BCUT2D eigenvalue weighted by Gasteiger charge is 2.23. The zero-order valence-corrected chi connectivity index (χ0v) is 12.5. The van der Waals surface area contributed by atoms with E-state index in [0.29, 0.717) is 10.5 Å². The van der Waals surface area contributed by atoms with Crippen LogP contribution in [0.25, 0.3) is 0 Å². The van der Waals surface area contributed by atoms with Crippen LogP contribution < -0.4 is 11.5 Å². The Balaban J connectivity index is 4.16. The van der Waals surface area contributed by atoms with Gasteiger partial charge in [-0.2, -0.15) is 0 Å². The molecular formula is C6H18N2O2Si3. The van der Waals surface area contributed by atoms with Crippen molar-refractivity contribution >= 4 is 29.5 Å². The molecule has 0 saturated carbocycles. The third-order valence-corrected chi connectivity index (χ3v) is 6.77. The topological polar surface area (TPSA) is 70.5 Å². The van der Waals surface area contributed by atoms with Crippen molar-refractivity contribution in [1.29, 1.82) is 0 Å². The lowest BCUT2D eigenvalue weighted by Gasteiger charge is -2.23. The second-order valence-corrected chi connectivity index (χ2v) is 9.01. The molecule has 4 nitrogen and oxygen atoms in total. The number of nitrogens with two attached hydrogens (primary N) is 2. The lowest BCUT2D eigenvalue weighted by molar-refractivity contribution is 0.477. The summed E-state index contributed by atoms with van der Waals surface area (Å²) in [7, 11) is -1.81. The van der Waals surface area contributed by atoms with E-state index in [2.05, 4.69) is 13.2 Å². The van der Waals surface area contributed by atoms with Crippen LogP contribution in [0, 0.1) is 0 Å². The fourth-order valence-corrected chi connectivity index (χ4v) is 6.12. The zero-order chi connectivity index (χ0) is 10.3. The Morgan fingerprint density at radius 1 is 1.31 bits per heavy atom. The van der Waals surface area contributed by atoms with Gasteiger partial charge in [-0.05, 0) is 0 Å². The largest absolute Gasteiger partial charge is 0.449 e. The first-order chi connectivity index (χ1) is 6.17. The molecule has 0 aliphatic carbocycles. The van der Waals surface area contributed by atoms with Crippen LogP contribution in [0.5, 0.6) is 0 Å². The summed E-state index contributed by atoms with van der Waals surface area (Å²) in [4.78, 5) is 0. The van der Waals surface area contributed by atoms with Gasteiger partial charge < -0.3 is 19.7 Å². The maximum Gasteiger partial charge on any atom is 0.283 e. The third kappa shape index (κ3) is 4.67. The van der Waals surface area contributed by atoms with Crippen LogP contribution in [-0.4, -0.2) is 40.9 Å². The highest BCUT2D eigenvalue weighted by Crippen LogP contribution is 1.98. The van der Waals surface area contributed by atoms with Crippen LogP contribution in [0.1, 0.15) is 0 Å². The first-order valence-corrected chi connectivity index (χ1v) is 7.81. The molecule has 0 aromatic rings. The first kappa shape index (κ1) is 13.0. The van der Waals surface area contributed by atoms with Gasteiger partial charge in [-0.15, -0.1) is 13.2 Å². The highest BCUT2D eigenvalue weighted by molar-refractivity contribution is 6.62. The average molecular weight is 234 g/mol. The van der Waals surface area contributed by atoms with E-state index >= 15 is 0 Å².